The van der Waals surface area contributed by atoms with Crippen LogP contribution in [-0.2, 0) is 19.5 Å². The molecule has 1 saturated carbocycles. The molecule has 3 heterocycles. The van der Waals surface area contributed by atoms with Gasteiger partial charge < -0.3 is 4.98 Å². The lowest BCUT2D eigenvalue weighted by Crippen LogP contribution is -2.35. The number of fused-ring (bicyclic) bond motifs is 1. The van der Waals surface area contributed by atoms with Crippen LogP contribution < -0.4 is 5.56 Å². The van der Waals surface area contributed by atoms with E-state index >= 15 is 0 Å². The van der Waals surface area contributed by atoms with Crippen molar-refractivity contribution in [1.29, 1.82) is 0 Å². The maximum atomic E-state index is 12.6. The minimum Gasteiger partial charge on any atom is -0.310 e. The molecule has 0 spiro atoms. The molecule has 2 aliphatic rings. The van der Waals surface area contributed by atoms with Gasteiger partial charge in [0.1, 0.15) is 11.0 Å². The van der Waals surface area contributed by atoms with Crippen LogP contribution in [0.3, 0.4) is 0 Å². The highest BCUT2D eigenvalue weighted by atomic mass is 35.5. The topological polar surface area (TPSA) is 66.8 Å². The fraction of sp³-hybridized carbons (Fsp3) is 0.381. The monoisotopic (exact) mass is 395 g/mol. The highest BCUT2D eigenvalue weighted by Gasteiger charge is 2.29. The Morgan fingerprint density at radius 1 is 1.25 bits per heavy atom. The van der Waals surface area contributed by atoms with Crippen molar-refractivity contribution in [2.45, 2.75) is 45.2 Å². The normalized spacial score (nSPS) is 16.9. The Kier molecular flexibility index (Phi) is 4.33. The Morgan fingerprint density at radius 3 is 2.79 bits per heavy atom. The molecule has 6 nitrogen and oxygen atoms in total. The van der Waals surface area contributed by atoms with Gasteiger partial charge in [0.05, 0.1) is 22.6 Å². The Labute approximate surface area is 168 Å². The number of aromatic nitrogens is 4. The number of nitrogens with one attached hydrogen (secondary N) is 1. The third-order valence-electron chi connectivity index (χ3n) is 5.63. The van der Waals surface area contributed by atoms with Crippen LogP contribution >= 0.6 is 11.6 Å². The van der Waals surface area contributed by atoms with E-state index < -0.39 is 0 Å². The number of rotatable bonds is 4. The predicted octanol–water partition coefficient (Wildman–Crippen LogP) is 3.35. The van der Waals surface area contributed by atoms with Gasteiger partial charge in [-0.05, 0) is 31.9 Å². The zero-order chi connectivity index (χ0) is 19.3. The summed E-state index contributed by atoms with van der Waals surface area (Å²) in [5.41, 5.74) is 4.63. The molecular weight excluding hydrogens is 374 g/mol. The third kappa shape index (κ3) is 3.16. The van der Waals surface area contributed by atoms with Crippen LogP contribution in [0.25, 0.3) is 5.69 Å². The van der Waals surface area contributed by atoms with Crippen molar-refractivity contribution < 1.29 is 0 Å². The van der Waals surface area contributed by atoms with E-state index in [1.807, 2.05) is 37.3 Å². The van der Waals surface area contributed by atoms with Crippen molar-refractivity contribution in [2.24, 2.45) is 0 Å². The number of aryl methyl sites for hydroxylation is 1. The van der Waals surface area contributed by atoms with Crippen molar-refractivity contribution in [3.05, 3.63) is 74.2 Å². The summed E-state index contributed by atoms with van der Waals surface area (Å²) >= 11 is 6.67. The predicted molar refractivity (Wildman–Crippen MR) is 108 cm³/mol. The second-order valence-electron chi connectivity index (χ2n) is 7.71. The Bertz CT molecular complexity index is 1080. The lowest BCUT2D eigenvalue weighted by Gasteiger charge is -2.27. The summed E-state index contributed by atoms with van der Waals surface area (Å²) in [5.74, 6) is 1.33. The number of H-pyrrole nitrogens is 1. The van der Waals surface area contributed by atoms with Crippen LogP contribution in [0.15, 0.2) is 35.1 Å². The van der Waals surface area contributed by atoms with Gasteiger partial charge in [-0.3, -0.25) is 9.69 Å². The molecule has 28 heavy (non-hydrogen) atoms. The van der Waals surface area contributed by atoms with E-state index in [0.717, 1.165) is 59.8 Å². The maximum absolute atomic E-state index is 12.6. The molecule has 1 aromatic carbocycles. The van der Waals surface area contributed by atoms with Crippen molar-refractivity contribution in [3.63, 3.8) is 0 Å². The van der Waals surface area contributed by atoms with Crippen LogP contribution in [0.5, 0.6) is 0 Å². The van der Waals surface area contributed by atoms with Gasteiger partial charge in [0.15, 0.2) is 0 Å². The molecular formula is C21H22ClN5O. The van der Waals surface area contributed by atoms with Gasteiger partial charge >= 0.3 is 0 Å². The Morgan fingerprint density at radius 2 is 2.04 bits per heavy atom. The average molecular weight is 396 g/mol. The summed E-state index contributed by atoms with van der Waals surface area (Å²) in [4.78, 5) is 22.6. The van der Waals surface area contributed by atoms with Crippen molar-refractivity contribution >= 4 is 11.6 Å². The highest BCUT2D eigenvalue weighted by Crippen LogP contribution is 2.38. The molecule has 1 fully saturated rings. The molecule has 2 aromatic heterocycles. The van der Waals surface area contributed by atoms with E-state index in [2.05, 4.69) is 15.0 Å². The van der Waals surface area contributed by atoms with Crippen molar-refractivity contribution in [2.75, 3.05) is 6.54 Å². The average Bonchev–Trinajstić information content (AvgIpc) is 3.52. The van der Waals surface area contributed by atoms with Crippen LogP contribution in [0.1, 0.15) is 47.1 Å². The van der Waals surface area contributed by atoms with Crippen LogP contribution in [-0.4, -0.2) is 31.2 Å². The van der Waals surface area contributed by atoms with Gasteiger partial charge in [0.2, 0.25) is 0 Å². The number of benzene rings is 1. The third-order valence-corrected chi connectivity index (χ3v) is 6.02. The molecule has 0 amide bonds. The summed E-state index contributed by atoms with van der Waals surface area (Å²) in [6, 6.07) is 9.89. The standard InChI is InChI=1S/C21H22ClN5O/c1-13-16(19(22)27(25-13)15-5-3-2-4-6-15)11-26-10-9-18-17(12-26)21(28)24-20(23-18)14-7-8-14/h2-6,14H,7-12H2,1H3,(H,23,24,28). The van der Waals surface area contributed by atoms with E-state index in [-0.39, 0.29) is 5.56 Å². The number of hydrogen-bond acceptors (Lipinski definition) is 4. The molecule has 0 bridgehead atoms. The molecule has 1 aliphatic carbocycles. The van der Waals surface area contributed by atoms with Crippen molar-refractivity contribution in [3.8, 4) is 5.69 Å². The molecule has 3 aromatic rings. The fourth-order valence-electron chi connectivity index (χ4n) is 3.86. The first-order chi connectivity index (χ1) is 13.6. The number of halogens is 1. The molecule has 7 heteroatoms. The molecule has 0 saturated heterocycles. The Hall–Kier alpha value is -2.44. The lowest BCUT2D eigenvalue weighted by molar-refractivity contribution is 0.241. The molecule has 0 unspecified atom stereocenters. The van der Waals surface area contributed by atoms with Gasteiger partial charge in [-0.15, -0.1) is 0 Å². The first kappa shape index (κ1) is 17.6. The number of aromatic amines is 1. The summed E-state index contributed by atoms with van der Waals surface area (Å²) in [6.07, 6.45) is 3.07. The van der Waals surface area contributed by atoms with Crippen LogP contribution in [0, 0.1) is 6.92 Å². The van der Waals surface area contributed by atoms with Crippen LogP contribution in [0.4, 0.5) is 0 Å². The highest BCUT2D eigenvalue weighted by molar-refractivity contribution is 6.30. The van der Waals surface area contributed by atoms with Gasteiger partial charge in [-0.25, -0.2) is 9.67 Å². The van der Waals surface area contributed by atoms with E-state index in [1.165, 1.54) is 0 Å². The summed E-state index contributed by atoms with van der Waals surface area (Å²) in [6.45, 7) is 4.10. The van der Waals surface area contributed by atoms with Gasteiger partial charge in [0, 0.05) is 37.5 Å². The number of nitrogens with zero attached hydrogens (tertiary/aromatic N) is 4. The summed E-state index contributed by atoms with van der Waals surface area (Å²) < 4.78 is 1.78. The molecule has 5 rings (SSSR count). The van der Waals surface area contributed by atoms with Crippen LogP contribution in [0.2, 0.25) is 5.15 Å². The first-order valence-electron chi connectivity index (χ1n) is 9.74. The summed E-state index contributed by atoms with van der Waals surface area (Å²) in [7, 11) is 0. The van der Waals surface area contributed by atoms with Crippen molar-refractivity contribution in [1.82, 2.24) is 24.6 Å². The molecule has 1 N–H and O–H groups in total. The molecule has 144 valence electrons. The zero-order valence-electron chi connectivity index (χ0n) is 15.8. The van der Waals surface area contributed by atoms with Gasteiger partial charge in [-0.1, -0.05) is 29.8 Å². The van der Waals surface area contributed by atoms with E-state index in [4.69, 9.17) is 16.6 Å². The largest absolute Gasteiger partial charge is 0.310 e. The lowest BCUT2D eigenvalue weighted by atomic mass is 10.1. The number of para-hydroxylation sites is 1. The minimum atomic E-state index is 0.0133. The summed E-state index contributed by atoms with van der Waals surface area (Å²) in [5, 5.41) is 5.25. The maximum Gasteiger partial charge on any atom is 0.255 e. The Balaban J connectivity index is 1.40. The van der Waals surface area contributed by atoms with E-state index in [0.29, 0.717) is 24.2 Å². The number of hydrogen-bond donors (Lipinski definition) is 1. The quantitative estimate of drug-likeness (QED) is 0.735. The second kappa shape index (κ2) is 6.87. The first-order valence-corrected chi connectivity index (χ1v) is 10.1. The minimum absolute atomic E-state index is 0.0133. The fourth-order valence-corrected chi connectivity index (χ4v) is 4.19. The van der Waals surface area contributed by atoms with E-state index in [1.54, 1.807) is 4.68 Å². The SMILES string of the molecule is Cc1nn(-c2ccccc2)c(Cl)c1CN1CCc2nc(C3CC3)[nH]c(=O)c2C1. The zero-order valence-corrected chi connectivity index (χ0v) is 16.5. The second-order valence-corrected chi connectivity index (χ2v) is 8.07. The van der Waals surface area contributed by atoms with Gasteiger partial charge in [0.25, 0.3) is 5.56 Å². The van der Waals surface area contributed by atoms with E-state index in [9.17, 15) is 4.79 Å². The molecule has 0 atom stereocenters. The van der Waals surface area contributed by atoms with Gasteiger partial charge in [-0.2, -0.15) is 5.10 Å². The smallest absolute Gasteiger partial charge is 0.255 e. The molecule has 0 radical (unpaired) electrons. The molecule has 1 aliphatic heterocycles.